The maximum Gasteiger partial charge on any atom is 0.291 e. The number of phenolic OH excluding ortho intramolecular Hbond substituents is 1. The number of aromatic hydroxyl groups is 1. The Morgan fingerprint density at radius 3 is 2.81 bits per heavy atom. The number of benzene rings is 2. The second kappa shape index (κ2) is 8.03. The van der Waals surface area contributed by atoms with Crippen LogP contribution in [0.2, 0.25) is 10.0 Å². The number of halogens is 2. The quantitative estimate of drug-likeness (QED) is 0.516. The number of aromatic nitrogens is 2. The van der Waals surface area contributed by atoms with Crippen molar-refractivity contribution in [3.63, 3.8) is 0 Å². The Morgan fingerprint density at radius 2 is 2.04 bits per heavy atom. The van der Waals surface area contributed by atoms with Crippen LogP contribution in [0.25, 0.3) is 0 Å². The first-order valence-electron chi connectivity index (χ1n) is 7.62. The van der Waals surface area contributed by atoms with Crippen LogP contribution in [-0.4, -0.2) is 27.0 Å². The van der Waals surface area contributed by atoms with Crippen molar-refractivity contribution in [2.75, 3.05) is 0 Å². The predicted octanol–water partition coefficient (Wildman–Crippen LogP) is 3.71. The third-order valence-corrected chi connectivity index (χ3v) is 4.11. The number of amides is 1. The minimum absolute atomic E-state index is 0.0784. The molecule has 0 radical (unpaired) electrons. The molecule has 1 amide bonds. The van der Waals surface area contributed by atoms with E-state index in [-0.39, 0.29) is 11.4 Å². The lowest BCUT2D eigenvalue weighted by Crippen LogP contribution is -2.18. The molecule has 6 nitrogen and oxygen atoms in total. The summed E-state index contributed by atoms with van der Waals surface area (Å²) in [7, 11) is 0. The van der Waals surface area contributed by atoms with Gasteiger partial charge >= 0.3 is 0 Å². The Kier molecular flexibility index (Phi) is 5.55. The van der Waals surface area contributed by atoms with Gasteiger partial charge in [0.15, 0.2) is 5.69 Å². The van der Waals surface area contributed by atoms with Crippen molar-refractivity contribution < 1.29 is 9.90 Å². The van der Waals surface area contributed by atoms with Gasteiger partial charge < -0.3 is 5.11 Å². The van der Waals surface area contributed by atoms with Crippen molar-refractivity contribution in [2.45, 2.75) is 6.54 Å². The van der Waals surface area contributed by atoms with Gasteiger partial charge in [0.2, 0.25) is 0 Å². The van der Waals surface area contributed by atoms with Gasteiger partial charge in [0.1, 0.15) is 5.75 Å². The fourth-order valence-electron chi connectivity index (χ4n) is 2.21. The minimum atomic E-state index is -0.461. The van der Waals surface area contributed by atoms with Gasteiger partial charge in [-0.3, -0.25) is 9.48 Å². The number of hydrogen-bond acceptors (Lipinski definition) is 4. The number of phenols is 1. The van der Waals surface area contributed by atoms with Crippen molar-refractivity contribution in [3.05, 3.63) is 81.6 Å². The predicted molar refractivity (Wildman–Crippen MR) is 101 cm³/mol. The maximum absolute atomic E-state index is 12.1. The Labute approximate surface area is 159 Å². The summed E-state index contributed by atoms with van der Waals surface area (Å²) in [6, 6.07) is 13.5. The molecule has 8 heteroatoms. The molecule has 0 saturated heterocycles. The van der Waals surface area contributed by atoms with Gasteiger partial charge in [-0.2, -0.15) is 10.2 Å². The molecule has 2 N–H and O–H groups in total. The first kappa shape index (κ1) is 18.0. The van der Waals surface area contributed by atoms with E-state index < -0.39 is 5.91 Å². The van der Waals surface area contributed by atoms with Crippen LogP contribution in [0.4, 0.5) is 0 Å². The van der Waals surface area contributed by atoms with E-state index >= 15 is 0 Å². The smallest absolute Gasteiger partial charge is 0.291 e. The number of carbonyl (C=O) groups is 1. The van der Waals surface area contributed by atoms with E-state index in [0.29, 0.717) is 22.2 Å². The summed E-state index contributed by atoms with van der Waals surface area (Å²) < 4.78 is 1.59. The summed E-state index contributed by atoms with van der Waals surface area (Å²) in [5.74, 6) is -0.382. The van der Waals surface area contributed by atoms with Crippen LogP contribution in [0.1, 0.15) is 21.6 Å². The molecule has 0 saturated carbocycles. The molecule has 1 aromatic heterocycles. The Morgan fingerprint density at radius 1 is 1.23 bits per heavy atom. The van der Waals surface area contributed by atoms with Crippen LogP contribution in [-0.2, 0) is 6.54 Å². The monoisotopic (exact) mass is 388 g/mol. The van der Waals surface area contributed by atoms with Gasteiger partial charge in [0.25, 0.3) is 5.91 Å². The number of nitrogens with one attached hydrogen (secondary N) is 1. The molecule has 0 bridgehead atoms. The lowest BCUT2D eigenvalue weighted by molar-refractivity contribution is 0.0949. The van der Waals surface area contributed by atoms with Gasteiger partial charge in [-0.1, -0.05) is 41.4 Å². The Bertz CT molecular complexity index is 969. The maximum atomic E-state index is 12.1. The minimum Gasteiger partial charge on any atom is -0.507 e. The second-order valence-corrected chi connectivity index (χ2v) is 6.24. The largest absolute Gasteiger partial charge is 0.507 e. The van der Waals surface area contributed by atoms with Gasteiger partial charge in [0.05, 0.1) is 12.8 Å². The van der Waals surface area contributed by atoms with Crippen molar-refractivity contribution in [1.82, 2.24) is 15.2 Å². The van der Waals surface area contributed by atoms with E-state index in [4.69, 9.17) is 23.2 Å². The zero-order valence-corrected chi connectivity index (χ0v) is 14.9. The van der Waals surface area contributed by atoms with Gasteiger partial charge in [-0.15, -0.1) is 0 Å². The highest BCUT2D eigenvalue weighted by Gasteiger charge is 2.10. The molecule has 3 rings (SSSR count). The lowest BCUT2D eigenvalue weighted by atomic mass is 10.2. The van der Waals surface area contributed by atoms with Crippen LogP contribution < -0.4 is 5.43 Å². The standard InChI is InChI=1S/C18H14Cl2N4O2/c19-14-6-5-13(15(20)9-14)11-24-8-7-16(23-24)18(26)22-21-10-12-3-1-2-4-17(12)25/h1-10,25H,11H2,(H,22,26). The van der Waals surface area contributed by atoms with E-state index in [0.717, 1.165) is 5.56 Å². The SMILES string of the molecule is O=C(NN=Cc1ccccc1O)c1ccn(Cc2ccc(Cl)cc2Cl)n1. The Balaban J connectivity index is 1.63. The summed E-state index contributed by atoms with van der Waals surface area (Å²) in [5.41, 5.74) is 3.92. The van der Waals surface area contributed by atoms with Crippen LogP contribution >= 0.6 is 23.2 Å². The molecule has 0 aliphatic carbocycles. The molecule has 3 aromatic rings. The second-order valence-electron chi connectivity index (χ2n) is 5.39. The van der Waals surface area contributed by atoms with Crippen molar-refractivity contribution in [2.24, 2.45) is 5.10 Å². The highest BCUT2D eigenvalue weighted by atomic mass is 35.5. The molecule has 0 fully saturated rings. The topological polar surface area (TPSA) is 79.5 Å². The molecular weight excluding hydrogens is 375 g/mol. The van der Waals surface area contributed by atoms with Crippen molar-refractivity contribution in [1.29, 1.82) is 0 Å². The highest BCUT2D eigenvalue weighted by Crippen LogP contribution is 2.21. The number of rotatable bonds is 5. The van der Waals surface area contributed by atoms with E-state index in [9.17, 15) is 9.90 Å². The third-order valence-electron chi connectivity index (χ3n) is 3.53. The molecule has 0 spiro atoms. The molecule has 1 heterocycles. The van der Waals surface area contributed by atoms with Crippen molar-refractivity contribution >= 4 is 35.3 Å². The fourth-order valence-corrected chi connectivity index (χ4v) is 2.68. The fraction of sp³-hybridized carbons (Fsp3) is 0.0556. The number of nitrogens with zero attached hydrogens (tertiary/aromatic N) is 3. The van der Waals surface area contributed by atoms with Crippen LogP contribution in [0, 0.1) is 0 Å². The summed E-state index contributed by atoms with van der Waals surface area (Å²) in [5, 5.41) is 18.8. The molecule has 2 aromatic carbocycles. The Hall–Kier alpha value is -2.83. The third kappa shape index (κ3) is 4.41. The van der Waals surface area contributed by atoms with Crippen LogP contribution in [0.15, 0.2) is 59.8 Å². The normalized spacial score (nSPS) is 11.0. The zero-order valence-electron chi connectivity index (χ0n) is 13.4. The highest BCUT2D eigenvalue weighted by molar-refractivity contribution is 6.35. The van der Waals surface area contributed by atoms with Gasteiger partial charge in [-0.25, -0.2) is 5.43 Å². The summed E-state index contributed by atoms with van der Waals surface area (Å²) in [6.07, 6.45) is 3.03. The average Bonchev–Trinajstić information content (AvgIpc) is 3.08. The molecule has 0 aliphatic heterocycles. The number of para-hydroxylation sites is 1. The van der Waals surface area contributed by atoms with E-state index in [1.165, 1.54) is 12.3 Å². The molecule has 0 unspecified atom stereocenters. The summed E-state index contributed by atoms with van der Waals surface area (Å²) >= 11 is 12.0. The summed E-state index contributed by atoms with van der Waals surface area (Å²) in [4.78, 5) is 12.1. The van der Waals surface area contributed by atoms with E-state index in [1.54, 1.807) is 47.3 Å². The van der Waals surface area contributed by atoms with Crippen LogP contribution in [0.3, 0.4) is 0 Å². The molecule has 132 valence electrons. The average molecular weight is 389 g/mol. The molecular formula is C18H14Cl2N4O2. The van der Waals surface area contributed by atoms with Gasteiger partial charge in [-0.05, 0) is 35.9 Å². The molecule has 26 heavy (non-hydrogen) atoms. The zero-order chi connectivity index (χ0) is 18.5. The molecule has 0 aliphatic rings. The number of hydrogen-bond donors (Lipinski definition) is 2. The number of carbonyl (C=O) groups excluding carboxylic acids is 1. The van der Waals surface area contributed by atoms with Crippen LogP contribution in [0.5, 0.6) is 5.75 Å². The number of hydrazone groups is 1. The van der Waals surface area contributed by atoms with E-state index in [2.05, 4.69) is 15.6 Å². The van der Waals surface area contributed by atoms with Crippen molar-refractivity contribution in [3.8, 4) is 5.75 Å². The lowest BCUT2D eigenvalue weighted by Gasteiger charge is -2.05. The molecule has 0 atom stereocenters. The first-order valence-corrected chi connectivity index (χ1v) is 8.37. The first-order chi connectivity index (χ1) is 12.5. The van der Waals surface area contributed by atoms with E-state index in [1.807, 2.05) is 6.07 Å². The van der Waals surface area contributed by atoms with Gasteiger partial charge in [0, 0.05) is 21.8 Å². The summed E-state index contributed by atoms with van der Waals surface area (Å²) in [6.45, 7) is 0.407.